The normalized spacial score (nSPS) is 22.3. The zero-order chi connectivity index (χ0) is 12.9. The van der Waals surface area contributed by atoms with Gasteiger partial charge in [0.1, 0.15) is 6.04 Å². The van der Waals surface area contributed by atoms with E-state index in [9.17, 15) is 9.59 Å². The number of rotatable bonds is 0. The van der Waals surface area contributed by atoms with E-state index >= 15 is 0 Å². The molecule has 2 aliphatic heterocycles. The summed E-state index contributed by atoms with van der Waals surface area (Å²) in [6.07, 6.45) is 1.61. The smallest absolute Gasteiger partial charge is 0.256 e. The second-order valence-corrected chi connectivity index (χ2v) is 5.23. The van der Waals surface area contributed by atoms with Gasteiger partial charge in [0.15, 0.2) is 0 Å². The highest BCUT2D eigenvalue weighted by Crippen LogP contribution is 2.32. The van der Waals surface area contributed by atoms with Crippen molar-refractivity contribution in [2.24, 2.45) is 0 Å². The first-order valence-corrected chi connectivity index (χ1v) is 6.37. The lowest BCUT2D eigenvalue weighted by Gasteiger charge is -2.19. The molecule has 0 aliphatic carbocycles. The molecule has 1 aromatic carbocycles. The minimum absolute atomic E-state index is 0.0926. The molecule has 0 radical (unpaired) electrons. The zero-order valence-electron chi connectivity index (χ0n) is 10.00. The average Bonchev–Trinajstić information content (AvgIpc) is 2.76. The van der Waals surface area contributed by atoms with Crippen LogP contribution in [0.3, 0.4) is 0 Å². The summed E-state index contributed by atoms with van der Waals surface area (Å²) in [5, 5.41) is 3.38. The zero-order valence-corrected chi connectivity index (χ0v) is 10.8. The first-order valence-electron chi connectivity index (χ1n) is 6.00. The maximum absolute atomic E-state index is 12.4. The van der Waals surface area contributed by atoms with Gasteiger partial charge in [-0.2, -0.15) is 0 Å². The molecule has 94 valence electrons. The Morgan fingerprint density at radius 2 is 2.17 bits per heavy atom. The van der Waals surface area contributed by atoms with Gasteiger partial charge in [-0.15, -0.1) is 0 Å². The van der Waals surface area contributed by atoms with Crippen LogP contribution in [0.4, 0.5) is 5.69 Å². The highest BCUT2D eigenvalue weighted by Gasteiger charge is 2.38. The number of nitrogens with one attached hydrogen (secondary N) is 1. The Hall–Kier alpha value is -1.55. The first kappa shape index (κ1) is 11.5. The average molecular weight is 265 g/mol. The minimum atomic E-state index is -0.330. The lowest BCUT2D eigenvalue weighted by molar-refractivity contribution is -0.119. The predicted octanol–water partition coefficient (Wildman–Crippen LogP) is 2.21. The molecule has 0 unspecified atom stereocenters. The van der Waals surface area contributed by atoms with E-state index in [0.29, 0.717) is 22.8 Å². The van der Waals surface area contributed by atoms with Gasteiger partial charge in [0.25, 0.3) is 5.91 Å². The largest absolute Gasteiger partial charge is 0.327 e. The van der Waals surface area contributed by atoms with Gasteiger partial charge in [0, 0.05) is 11.6 Å². The van der Waals surface area contributed by atoms with E-state index in [1.54, 1.807) is 17.0 Å². The molecule has 4 nitrogen and oxygen atoms in total. The van der Waals surface area contributed by atoms with Crippen LogP contribution in [0.25, 0.3) is 0 Å². The molecule has 0 spiro atoms. The fraction of sp³-hybridized carbons (Fsp3) is 0.385. The van der Waals surface area contributed by atoms with Crippen molar-refractivity contribution in [3.63, 3.8) is 0 Å². The van der Waals surface area contributed by atoms with Gasteiger partial charge < -0.3 is 10.2 Å². The standard InChI is InChI=1S/C13H13ClN2O2/c1-7-5-8(14)6-9-11(7)15-12(17)10-3-2-4-16(10)13(9)18/h5-6,10H,2-4H2,1H3,(H,15,17)/t10-/m0/s1. The van der Waals surface area contributed by atoms with Gasteiger partial charge in [-0.3, -0.25) is 9.59 Å². The quantitative estimate of drug-likeness (QED) is 0.781. The number of benzene rings is 1. The molecular formula is C13H13ClN2O2. The van der Waals surface area contributed by atoms with Crippen LogP contribution >= 0.6 is 11.6 Å². The lowest BCUT2D eigenvalue weighted by atomic mass is 10.1. The van der Waals surface area contributed by atoms with E-state index in [1.165, 1.54) is 0 Å². The highest BCUT2D eigenvalue weighted by atomic mass is 35.5. The van der Waals surface area contributed by atoms with Gasteiger partial charge in [-0.1, -0.05) is 11.6 Å². The topological polar surface area (TPSA) is 49.4 Å². The second-order valence-electron chi connectivity index (χ2n) is 4.79. The Labute approximate surface area is 110 Å². The Morgan fingerprint density at radius 1 is 1.39 bits per heavy atom. The molecule has 2 amide bonds. The number of anilines is 1. The van der Waals surface area contributed by atoms with Crippen molar-refractivity contribution in [3.05, 3.63) is 28.3 Å². The van der Waals surface area contributed by atoms with Crippen LogP contribution in [-0.2, 0) is 4.79 Å². The summed E-state index contributed by atoms with van der Waals surface area (Å²) in [7, 11) is 0. The summed E-state index contributed by atoms with van der Waals surface area (Å²) < 4.78 is 0. The summed E-state index contributed by atoms with van der Waals surface area (Å²) in [6.45, 7) is 2.48. The summed E-state index contributed by atoms with van der Waals surface area (Å²) >= 11 is 6.00. The second kappa shape index (κ2) is 3.99. The fourth-order valence-corrected chi connectivity index (χ4v) is 2.99. The number of carbonyl (C=O) groups is 2. The maximum Gasteiger partial charge on any atom is 0.256 e. The van der Waals surface area contributed by atoms with Gasteiger partial charge in [0.2, 0.25) is 5.91 Å². The third-order valence-electron chi connectivity index (χ3n) is 3.60. The van der Waals surface area contributed by atoms with Crippen LogP contribution in [0.1, 0.15) is 28.8 Å². The Bertz CT molecular complexity index is 556. The van der Waals surface area contributed by atoms with Crippen molar-refractivity contribution >= 4 is 29.1 Å². The summed E-state index contributed by atoms with van der Waals surface area (Å²) in [5.74, 6) is -0.193. The molecule has 18 heavy (non-hydrogen) atoms. The van der Waals surface area contributed by atoms with E-state index in [2.05, 4.69) is 5.32 Å². The number of nitrogens with zero attached hydrogens (tertiary/aromatic N) is 1. The van der Waals surface area contributed by atoms with E-state index in [1.807, 2.05) is 6.92 Å². The van der Waals surface area contributed by atoms with Gasteiger partial charge in [-0.05, 0) is 37.5 Å². The van der Waals surface area contributed by atoms with Crippen molar-refractivity contribution in [1.82, 2.24) is 4.90 Å². The van der Waals surface area contributed by atoms with E-state index < -0.39 is 0 Å². The van der Waals surface area contributed by atoms with Crippen molar-refractivity contribution in [3.8, 4) is 0 Å². The molecule has 1 fully saturated rings. The first-order chi connectivity index (χ1) is 8.58. The molecule has 2 aliphatic rings. The molecule has 1 aromatic rings. The molecule has 2 heterocycles. The molecule has 0 bridgehead atoms. The van der Waals surface area contributed by atoms with E-state index in [4.69, 9.17) is 11.6 Å². The molecule has 1 saturated heterocycles. The number of aryl methyl sites for hydroxylation is 1. The molecule has 0 aromatic heterocycles. The third kappa shape index (κ3) is 1.60. The number of carbonyl (C=O) groups excluding carboxylic acids is 2. The number of hydrogen-bond acceptors (Lipinski definition) is 2. The molecular weight excluding hydrogens is 252 g/mol. The van der Waals surface area contributed by atoms with Crippen LogP contribution in [-0.4, -0.2) is 29.3 Å². The van der Waals surface area contributed by atoms with Crippen molar-refractivity contribution in [2.45, 2.75) is 25.8 Å². The summed E-state index contributed by atoms with van der Waals surface area (Å²) in [5.41, 5.74) is 1.92. The van der Waals surface area contributed by atoms with Gasteiger partial charge in [-0.25, -0.2) is 0 Å². The number of amides is 2. The van der Waals surface area contributed by atoms with Crippen LogP contribution in [0, 0.1) is 6.92 Å². The molecule has 3 rings (SSSR count). The van der Waals surface area contributed by atoms with Gasteiger partial charge >= 0.3 is 0 Å². The van der Waals surface area contributed by atoms with Crippen molar-refractivity contribution in [2.75, 3.05) is 11.9 Å². The Kier molecular flexibility index (Phi) is 2.55. The molecule has 1 atom stereocenters. The molecule has 1 N–H and O–H groups in total. The number of hydrogen-bond donors (Lipinski definition) is 1. The number of halogens is 1. The van der Waals surface area contributed by atoms with E-state index in [-0.39, 0.29) is 17.9 Å². The Morgan fingerprint density at radius 3 is 2.94 bits per heavy atom. The van der Waals surface area contributed by atoms with Crippen molar-refractivity contribution in [1.29, 1.82) is 0 Å². The summed E-state index contributed by atoms with van der Waals surface area (Å²) in [4.78, 5) is 26.2. The van der Waals surface area contributed by atoms with Crippen LogP contribution in [0.5, 0.6) is 0 Å². The number of fused-ring (bicyclic) bond motifs is 2. The van der Waals surface area contributed by atoms with E-state index in [0.717, 1.165) is 18.4 Å². The third-order valence-corrected chi connectivity index (χ3v) is 3.81. The molecule has 0 saturated carbocycles. The SMILES string of the molecule is Cc1cc(Cl)cc2c1NC(=O)[C@@H]1CCCN1C2=O. The van der Waals surface area contributed by atoms with Crippen LogP contribution in [0.2, 0.25) is 5.02 Å². The van der Waals surface area contributed by atoms with Crippen LogP contribution in [0.15, 0.2) is 12.1 Å². The predicted molar refractivity (Wildman–Crippen MR) is 68.9 cm³/mol. The monoisotopic (exact) mass is 264 g/mol. The van der Waals surface area contributed by atoms with Crippen LogP contribution < -0.4 is 5.32 Å². The fourth-order valence-electron chi connectivity index (χ4n) is 2.72. The Balaban J connectivity index is 2.17. The minimum Gasteiger partial charge on any atom is -0.327 e. The highest BCUT2D eigenvalue weighted by molar-refractivity contribution is 6.31. The molecule has 5 heteroatoms. The lowest BCUT2D eigenvalue weighted by Crippen LogP contribution is -2.40. The van der Waals surface area contributed by atoms with Crippen molar-refractivity contribution < 1.29 is 9.59 Å². The maximum atomic E-state index is 12.4. The van der Waals surface area contributed by atoms with Gasteiger partial charge in [0.05, 0.1) is 11.3 Å². The summed E-state index contributed by atoms with van der Waals surface area (Å²) in [6, 6.07) is 3.06.